The Morgan fingerprint density at radius 1 is 1.00 bits per heavy atom. The lowest BCUT2D eigenvalue weighted by molar-refractivity contribution is 0.297. The molecule has 0 radical (unpaired) electrons. The standard InChI is InChI=1S/C18H21IO/c1-13-5-10-17(16(11-13)18(2,3)4)20-12-14-6-8-15(19)9-7-14/h5-11H,12H2,1-4H3. The Labute approximate surface area is 135 Å². The van der Waals surface area contributed by atoms with Crippen LogP contribution in [0.5, 0.6) is 5.75 Å². The Kier molecular flexibility index (Phi) is 4.74. The molecule has 20 heavy (non-hydrogen) atoms. The molecule has 2 heteroatoms. The van der Waals surface area contributed by atoms with Crippen molar-refractivity contribution in [3.05, 3.63) is 62.7 Å². The summed E-state index contributed by atoms with van der Waals surface area (Å²) in [6.07, 6.45) is 0. The van der Waals surface area contributed by atoms with Gasteiger partial charge in [-0.25, -0.2) is 0 Å². The maximum Gasteiger partial charge on any atom is 0.123 e. The van der Waals surface area contributed by atoms with Gasteiger partial charge in [0, 0.05) is 3.57 Å². The van der Waals surface area contributed by atoms with Gasteiger partial charge in [-0.1, -0.05) is 50.6 Å². The Hall–Kier alpha value is -1.03. The molecule has 0 heterocycles. The molecule has 0 atom stereocenters. The monoisotopic (exact) mass is 380 g/mol. The van der Waals surface area contributed by atoms with Crippen molar-refractivity contribution in [3.63, 3.8) is 0 Å². The first-order chi connectivity index (χ1) is 9.36. The molecule has 1 nitrogen and oxygen atoms in total. The number of hydrogen-bond acceptors (Lipinski definition) is 1. The number of benzene rings is 2. The minimum atomic E-state index is 0.0907. The van der Waals surface area contributed by atoms with Gasteiger partial charge >= 0.3 is 0 Å². The second kappa shape index (κ2) is 6.17. The maximum atomic E-state index is 6.04. The van der Waals surface area contributed by atoms with Crippen LogP contribution >= 0.6 is 22.6 Å². The highest BCUT2D eigenvalue weighted by atomic mass is 127. The first-order valence-electron chi connectivity index (χ1n) is 6.84. The van der Waals surface area contributed by atoms with E-state index in [1.54, 1.807) is 0 Å². The summed E-state index contributed by atoms with van der Waals surface area (Å²) < 4.78 is 7.29. The van der Waals surface area contributed by atoms with Gasteiger partial charge in [-0.15, -0.1) is 0 Å². The summed E-state index contributed by atoms with van der Waals surface area (Å²) in [5.74, 6) is 0.988. The zero-order valence-corrected chi connectivity index (χ0v) is 14.7. The fraction of sp³-hybridized carbons (Fsp3) is 0.333. The predicted molar refractivity (Wildman–Crippen MR) is 93.4 cm³/mol. The summed E-state index contributed by atoms with van der Waals surface area (Å²) in [6.45, 7) is 9.40. The third-order valence-electron chi connectivity index (χ3n) is 3.25. The minimum absolute atomic E-state index is 0.0907. The fourth-order valence-corrected chi connectivity index (χ4v) is 2.46. The molecule has 106 valence electrons. The van der Waals surface area contributed by atoms with Gasteiger partial charge in [0.2, 0.25) is 0 Å². The summed E-state index contributed by atoms with van der Waals surface area (Å²) in [7, 11) is 0. The summed E-state index contributed by atoms with van der Waals surface area (Å²) in [5, 5.41) is 0. The van der Waals surface area contributed by atoms with Crippen LogP contribution in [0.1, 0.15) is 37.5 Å². The van der Waals surface area contributed by atoms with Crippen molar-refractivity contribution in [1.82, 2.24) is 0 Å². The molecule has 2 rings (SSSR count). The van der Waals surface area contributed by atoms with E-state index in [1.807, 2.05) is 0 Å². The molecule has 0 fully saturated rings. The molecule has 2 aromatic carbocycles. The predicted octanol–water partition coefficient (Wildman–Crippen LogP) is 5.48. The third kappa shape index (κ3) is 3.98. The fourth-order valence-electron chi connectivity index (χ4n) is 2.10. The highest BCUT2D eigenvalue weighted by Gasteiger charge is 2.19. The second-order valence-corrected chi connectivity index (χ2v) is 7.41. The van der Waals surface area contributed by atoms with Gasteiger partial charge in [0.25, 0.3) is 0 Å². The average molecular weight is 380 g/mol. The van der Waals surface area contributed by atoms with E-state index < -0.39 is 0 Å². The highest BCUT2D eigenvalue weighted by Crippen LogP contribution is 2.32. The topological polar surface area (TPSA) is 9.23 Å². The van der Waals surface area contributed by atoms with E-state index in [9.17, 15) is 0 Å². The maximum absolute atomic E-state index is 6.04. The van der Waals surface area contributed by atoms with Gasteiger partial charge in [-0.2, -0.15) is 0 Å². The van der Waals surface area contributed by atoms with Crippen molar-refractivity contribution in [2.45, 2.75) is 39.7 Å². The molecule has 0 aromatic heterocycles. The van der Waals surface area contributed by atoms with E-state index >= 15 is 0 Å². The number of halogens is 1. The summed E-state index contributed by atoms with van der Waals surface area (Å²) >= 11 is 2.32. The van der Waals surface area contributed by atoms with Crippen LogP contribution in [-0.2, 0) is 12.0 Å². The zero-order chi connectivity index (χ0) is 14.8. The van der Waals surface area contributed by atoms with Crippen LogP contribution in [0.2, 0.25) is 0 Å². The van der Waals surface area contributed by atoms with E-state index in [0.29, 0.717) is 6.61 Å². The van der Waals surface area contributed by atoms with Gasteiger partial charge < -0.3 is 4.74 Å². The van der Waals surface area contributed by atoms with E-state index in [4.69, 9.17) is 4.74 Å². The number of ether oxygens (including phenoxy) is 1. The third-order valence-corrected chi connectivity index (χ3v) is 3.97. The van der Waals surface area contributed by atoms with Crippen LogP contribution in [0, 0.1) is 10.5 Å². The number of aryl methyl sites for hydroxylation is 1. The van der Waals surface area contributed by atoms with Crippen LogP contribution in [0.4, 0.5) is 0 Å². The first kappa shape index (κ1) is 15.4. The minimum Gasteiger partial charge on any atom is -0.489 e. The Morgan fingerprint density at radius 2 is 1.65 bits per heavy atom. The Balaban J connectivity index is 2.19. The van der Waals surface area contributed by atoms with Crippen molar-refractivity contribution < 1.29 is 4.74 Å². The molecule has 2 aromatic rings. The molecular formula is C18H21IO. The molecule has 0 bridgehead atoms. The van der Waals surface area contributed by atoms with Crippen LogP contribution in [0.25, 0.3) is 0 Å². The second-order valence-electron chi connectivity index (χ2n) is 6.16. The van der Waals surface area contributed by atoms with E-state index in [2.05, 4.69) is 92.8 Å². The molecule has 0 amide bonds. The van der Waals surface area contributed by atoms with Gasteiger partial charge in [0.05, 0.1) is 0 Å². The van der Waals surface area contributed by atoms with E-state index in [0.717, 1.165) is 5.75 Å². The first-order valence-corrected chi connectivity index (χ1v) is 7.92. The lowest BCUT2D eigenvalue weighted by atomic mass is 9.85. The molecule has 0 saturated carbocycles. The van der Waals surface area contributed by atoms with Crippen LogP contribution < -0.4 is 4.74 Å². The normalized spacial score (nSPS) is 11.4. The van der Waals surface area contributed by atoms with Gasteiger partial charge in [0.15, 0.2) is 0 Å². The summed E-state index contributed by atoms with van der Waals surface area (Å²) in [4.78, 5) is 0. The summed E-state index contributed by atoms with van der Waals surface area (Å²) in [5.41, 5.74) is 3.83. The van der Waals surface area contributed by atoms with Gasteiger partial charge in [-0.05, 0) is 64.3 Å². The smallest absolute Gasteiger partial charge is 0.123 e. The number of rotatable bonds is 3. The Morgan fingerprint density at radius 3 is 2.25 bits per heavy atom. The highest BCUT2D eigenvalue weighted by molar-refractivity contribution is 14.1. The molecule has 0 N–H and O–H groups in total. The van der Waals surface area contributed by atoms with Crippen molar-refractivity contribution in [1.29, 1.82) is 0 Å². The molecule has 0 aliphatic carbocycles. The molecule has 0 aliphatic heterocycles. The van der Waals surface area contributed by atoms with Crippen molar-refractivity contribution >= 4 is 22.6 Å². The Bertz CT molecular complexity index is 579. The van der Waals surface area contributed by atoms with Crippen LogP contribution in [0.3, 0.4) is 0 Å². The molecule has 0 spiro atoms. The number of hydrogen-bond donors (Lipinski definition) is 0. The largest absolute Gasteiger partial charge is 0.489 e. The SMILES string of the molecule is Cc1ccc(OCc2ccc(I)cc2)c(C(C)(C)C)c1. The molecule has 0 aliphatic rings. The molecule has 0 saturated heterocycles. The van der Waals surface area contributed by atoms with E-state index in [1.165, 1.54) is 20.3 Å². The van der Waals surface area contributed by atoms with Crippen molar-refractivity contribution in [3.8, 4) is 5.75 Å². The summed E-state index contributed by atoms with van der Waals surface area (Å²) in [6, 6.07) is 14.9. The molecular weight excluding hydrogens is 359 g/mol. The van der Waals surface area contributed by atoms with E-state index in [-0.39, 0.29) is 5.41 Å². The van der Waals surface area contributed by atoms with Gasteiger partial charge in [-0.3, -0.25) is 0 Å². The quantitative estimate of drug-likeness (QED) is 0.641. The van der Waals surface area contributed by atoms with Crippen LogP contribution in [-0.4, -0.2) is 0 Å². The van der Waals surface area contributed by atoms with Crippen molar-refractivity contribution in [2.75, 3.05) is 0 Å². The lowest BCUT2D eigenvalue weighted by Gasteiger charge is -2.23. The zero-order valence-electron chi connectivity index (χ0n) is 12.5. The van der Waals surface area contributed by atoms with Crippen molar-refractivity contribution in [2.24, 2.45) is 0 Å². The lowest BCUT2D eigenvalue weighted by Crippen LogP contribution is -2.13. The average Bonchev–Trinajstić information content (AvgIpc) is 2.38. The van der Waals surface area contributed by atoms with Gasteiger partial charge in [0.1, 0.15) is 12.4 Å². The van der Waals surface area contributed by atoms with Crippen LogP contribution in [0.15, 0.2) is 42.5 Å². The molecule has 0 unspecified atom stereocenters.